The summed E-state index contributed by atoms with van der Waals surface area (Å²) in [6, 6.07) is 4.28. The molecule has 7 nitrogen and oxygen atoms in total. The second-order valence-electron chi connectivity index (χ2n) is 9.60. The Kier molecular flexibility index (Phi) is 7.44. The van der Waals surface area contributed by atoms with Crippen LogP contribution in [0.2, 0.25) is 0 Å². The second-order valence-corrected chi connectivity index (χ2v) is 11.3. The van der Waals surface area contributed by atoms with E-state index in [1.165, 1.54) is 29.5 Å². The molecule has 12 heteroatoms. The Balaban J connectivity index is 0.00000267. The fourth-order valence-electron chi connectivity index (χ4n) is 4.81. The van der Waals surface area contributed by atoms with E-state index in [2.05, 4.69) is 5.32 Å². The summed E-state index contributed by atoms with van der Waals surface area (Å²) < 4.78 is 85.7. The second kappa shape index (κ2) is 10.1. The zero-order valence-electron chi connectivity index (χ0n) is 20.5. The van der Waals surface area contributed by atoms with Crippen LogP contribution in [0.25, 0.3) is 0 Å². The Bertz CT molecular complexity index is 1280. The van der Waals surface area contributed by atoms with Crippen molar-refractivity contribution in [1.29, 1.82) is 0 Å². The molecule has 2 heterocycles. The van der Waals surface area contributed by atoms with E-state index in [-0.39, 0.29) is 32.0 Å². The number of nitrogens with zero attached hydrogens (tertiary/aromatic N) is 1. The van der Waals surface area contributed by atoms with Gasteiger partial charge >= 0.3 is 6.18 Å². The monoisotopic (exact) mass is 546 g/mol. The van der Waals surface area contributed by atoms with Crippen LogP contribution >= 0.6 is 0 Å². The lowest BCUT2D eigenvalue weighted by Gasteiger charge is -2.35. The summed E-state index contributed by atoms with van der Waals surface area (Å²) in [4.78, 5) is 14.0. The van der Waals surface area contributed by atoms with Crippen molar-refractivity contribution in [3.63, 3.8) is 0 Å². The van der Waals surface area contributed by atoms with Crippen molar-refractivity contribution in [1.82, 2.24) is 14.9 Å². The van der Waals surface area contributed by atoms with Gasteiger partial charge in [0.05, 0.1) is 6.04 Å². The molecule has 4 rings (SSSR count). The van der Waals surface area contributed by atoms with Gasteiger partial charge in [0.25, 0.3) is 0 Å². The summed E-state index contributed by atoms with van der Waals surface area (Å²) in [5.41, 5.74) is 1.43. The Labute approximate surface area is 216 Å². The van der Waals surface area contributed by atoms with Crippen LogP contribution in [-0.4, -0.2) is 56.9 Å². The molecular formula is C25H32F4N3O4S. The number of fused-ring (bicyclic) bond motifs is 1. The van der Waals surface area contributed by atoms with Crippen molar-refractivity contribution in [2.45, 2.75) is 44.5 Å². The maximum absolute atomic E-state index is 15.2. The van der Waals surface area contributed by atoms with Gasteiger partial charge in [-0.05, 0) is 42.2 Å². The van der Waals surface area contributed by atoms with Gasteiger partial charge in [0, 0.05) is 39.7 Å². The predicted octanol–water partition coefficient (Wildman–Crippen LogP) is 4.03. The molecule has 2 N–H and O–H groups in total. The van der Waals surface area contributed by atoms with Crippen LogP contribution in [0.3, 0.4) is 0 Å². The Morgan fingerprint density at radius 1 is 1.27 bits per heavy atom. The molecule has 0 spiro atoms. The minimum Gasteiger partial charge on any atom is -0.482 e. The van der Waals surface area contributed by atoms with E-state index in [4.69, 9.17) is 4.74 Å². The molecule has 1 fully saturated rings. The molecule has 1 aromatic carbocycles. The average Bonchev–Trinajstić information content (AvgIpc) is 3.27. The number of carbonyl (C=O) groups excluding carboxylic acids is 1. The number of benzene rings is 1. The number of ether oxygens (including phenoxy) is 1. The summed E-state index contributed by atoms with van der Waals surface area (Å²) in [7, 11) is -3.15. The molecule has 3 unspecified atom stereocenters. The lowest BCUT2D eigenvalue weighted by molar-refractivity contribution is -0.130. The Morgan fingerprint density at radius 2 is 2.00 bits per heavy atom. The lowest BCUT2D eigenvalue weighted by atomic mass is 9.80. The SMILES string of the molecule is CC(C)c1cccc(OC2[CH]C=C(NS(=O)(=O)CC(F)(F)F)C=C2C2=CN(C)C(=O)C3NCCC23)c1F.[HH].[HH]. The van der Waals surface area contributed by atoms with Crippen LogP contribution < -0.4 is 14.8 Å². The van der Waals surface area contributed by atoms with E-state index < -0.39 is 39.9 Å². The highest BCUT2D eigenvalue weighted by molar-refractivity contribution is 7.89. The summed E-state index contributed by atoms with van der Waals surface area (Å²) in [6.07, 6.45) is 0.539. The molecule has 1 aromatic rings. The largest absolute Gasteiger partial charge is 0.482 e. The summed E-state index contributed by atoms with van der Waals surface area (Å²) in [6.45, 7) is 4.26. The van der Waals surface area contributed by atoms with Gasteiger partial charge in [-0.1, -0.05) is 32.1 Å². The summed E-state index contributed by atoms with van der Waals surface area (Å²) in [5, 5.41) is 3.16. The zero-order valence-corrected chi connectivity index (χ0v) is 21.3. The van der Waals surface area contributed by atoms with Crippen molar-refractivity contribution in [2.24, 2.45) is 5.92 Å². The third-order valence-corrected chi connectivity index (χ3v) is 7.72. The number of likely N-dealkylation sites (N-methyl/N-ethyl adjacent to an activating group) is 1. The van der Waals surface area contributed by atoms with Crippen LogP contribution in [-0.2, 0) is 14.8 Å². The quantitative estimate of drug-likeness (QED) is 0.505. The molecule has 3 atom stereocenters. The number of sulfonamides is 1. The number of amides is 1. The Morgan fingerprint density at radius 3 is 2.68 bits per heavy atom. The number of hydrogen-bond donors (Lipinski definition) is 2. The minimum atomic E-state index is -4.92. The third kappa shape index (κ3) is 6.01. The first-order chi connectivity index (χ1) is 17.3. The Hall–Kier alpha value is -2.86. The average molecular weight is 547 g/mol. The van der Waals surface area contributed by atoms with Gasteiger partial charge in [-0.15, -0.1) is 0 Å². The van der Waals surface area contributed by atoms with E-state index in [1.807, 2.05) is 18.6 Å². The van der Waals surface area contributed by atoms with E-state index in [9.17, 15) is 26.4 Å². The maximum atomic E-state index is 15.2. The van der Waals surface area contributed by atoms with Crippen LogP contribution in [0.4, 0.5) is 17.6 Å². The highest BCUT2D eigenvalue weighted by atomic mass is 32.2. The standard InChI is InChI=1S/C25H28F4N3O4S.2H2/c1-14(2)16-5-4-6-21(22(16)26)36-20-8-7-15(31-37(34,35)13-25(27,28)29)11-18(20)19-12-32(3)24(33)23-17(19)9-10-30-23;;/h4-8,11-12,14,17,20,23,30-31H,9-10,13H2,1-3H3;2*1H. The number of nitrogens with one attached hydrogen (secondary N) is 2. The normalized spacial score (nSPS) is 24.4. The van der Waals surface area contributed by atoms with Gasteiger partial charge in [-0.25, -0.2) is 12.8 Å². The molecule has 205 valence electrons. The highest BCUT2D eigenvalue weighted by Gasteiger charge is 2.43. The predicted molar refractivity (Wildman–Crippen MR) is 133 cm³/mol. The molecule has 2 aliphatic heterocycles. The fourth-order valence-corrected chi connectivity index (χ4v) is 5.80. The van der Waals surface area contributed by atoms with Gasteiger partial charge in [0.2, 0.25) is 15.9 Å². The fraction of sp³-hybridized carbons (Fsp3) is 0.440. The zero-order chi connectivity index (χ0) is 27.1. The first-order valence-corrected chi connectivity index (χ1v) is 13.4. The number of rotatable bonds is 7. The van der Waals surface area contributed by atoms with Crippen LogP contribution in [0.15, 0.2) is 53.4 Å². The first kappa shape index (κ1) is 27.2. The molecule has 1 radical (unpaired) electrons. The minimum absolute atomic E-state index is 0. The number of halogens is 4. The molecule has 37 heavy (non-hydrogen) atoms. The van der Waals surface area contributed by atoms with Crippen molar-refractivity contribution < 1.29 is 38.4 Å². The molecule has 0 aromatic heterocycles. The van der Waals surface area contributed by atoms with Crippen LogP contribution in [0.5, 0.6) is 5.75 Å². The molecule has 1 amide bonds. The van der Waals surface area contributed by atoms with E-state index in [1.54, 1.807) is 25.4 Å². The van der Waals surface area contributed by atoms with E-state index in [0.29, 0.717) is 29.7 Å². The van der Waals surface area contributed by atoms with E-state index in [0.717, 1.165) is 0 Å². The molecular weight excluding hydrogens is 514 g/mol. The third-order valence-electron chi connectivity index (χ3n) is 6.47. The number of carbonyl (C=O) groups is 1. The maximum Gasteiger partial charge on any atom is 0.404 e. The summed E-state index contributed by atoms with van der Waals surface area (Å²) >= 11 is 0. The van der Waals surface area contributed by atoms with Gasteiger partial charge in [-0.2, -0.15) is 13.2 Å². The van der Waals surface area contributed by atoms with Crippen LogP contribution in [0.1, 0.15) is 34.6 Å². The van der Waals surface area contributed by atoms with Gasteiger partial charge < -0.3 is 15.0 Å². The van der Waals surface area contributed by atoms with Gasteiger partial charge in [0.15, 0.2) is 17.3 Å². The van der Waals surface area contributed by atoms with Crippen molar-refractivity contribution in [3.8, 4) is 5.75 Å². The number of allylic oxidation sites excluding steroid dienone is 1. The van der Waals surface area contributed by atoms with E-state index >= 15 is 4.39 Å². The topological polar surface area (TPSA) is 87.7 Å². The lowest BCUT2D eigenvalue weighted by Crippen LogP contribution is -2.47. The first-order valence-electron chi connectivity index (χ1n) is 11.8. The van der Waals surface area contributed by atoms with Crippen LogP contribution in [0, 0.1) is 18.2 Å². The molecule has 0 saturated carbocycles. The smallest absolute Gasteiger partial charge is 0.404 e. The van der Waals surface area contributed by atoms with Crippen molar-refractivity contribution >= 4 is 15.9 Å². The van der Waals surface area contributed by atoms with Gasteiger partial charge in [-0.3, -0.25) is 9.52 Å². The number of alkyl halides is 3. The molecule has 3 aliphatic rings. The molecule has 1 aliphatic carbocycles. The highest BCUT2D eigenvalue weighted by Crippen LogP contribution is 2.39. The summed E-state index contributed by atoms with van der Waals surface area (Å²) in [5.74, 6) is -3.10. The molecule has 1 saturated heterocycles. The van der Waals surface area contributed by atoms with Crippen molar-refractivity contribution in [3.05, 3.63) is 71.2 Å². The van der Waals surface area contributed by atoms with Crippen molar-refractivity contribution in [2.75, 3.05) is 19.3 Å². The molecule has 0 bridgehead atoms. The number of hydrogen-bond acceptors (Lipinski definition) is 5. The van der Waals surface area contributed by atoms with Gasteiger partial charge in [0.1, 0.15) is 6.10 Å².